The average Bonchev–Trinajstić information content (AvgIpc) is 2.80. The van der Waals surface area contributed by atoms with Crippen molar-refractivity contribution in [3.63, 3.8) is 0 Å². The summed E-state index contributed by atoms with van der Waals surface area (Å²) in [5.74, 6) is 1.43. The predicted molar refractivity (Wildman–Crippen MR) is 135 cm³/mol. The molecule has 2 aromatic rings. The van der Waals surface area contributed by atoms with Gasteiger partial charge in [0.1, 0.15) is 29.5 Å². The van der Waals surface area contributed by atoms with Crippen LogP contribution in [0.4, 0.5) is 5.69 Å². The Hall–Kier alpha value is -3.55. The Kier molecular flexibility index (Phi) is 8.15. The van der Waals surface area contributed by atoms with Crippen LogP contribution >= 0.6 is 0 Å². The molecule has 1 saturated heterocycles. The molecular formula is C26H35N5O3. The quantitative estimate of drug-likeness (QED) is 0.236. The van der Waals surface area contributed by atoms with Gasteiger partial charge in [-0.1, -0.05) is 26.0 Å². The second-order valence-electron chi connectivity index (χ2n) is 9.05. The van der Waals surface area contributed by atoms with E-state index in [-0.39, 0.29) is 23.8 Å². The van der Waals surface area contributed by atoms with E-state index in [0.29, 0.717) is 17.1 Å². The van der Waals surface area contributed by atoms with Crippen LogP contribution in [0.1, 0.15) is 39.2 Å². The van der Waals surface area contributed by atoms with Crippen molar-refractivity contribution in [2.75, 3.05) is 25.0 Å². The molecule has 0 aliphatic carbocycles. The predicted octanol–water partition coefficient (Wildman–Crippen LogP) is 3.88. The summed E-state index contributed by atoms with van der Waals surface area (Å²) in [6, 6.07) is 13.9. The maximum absolute atomic E-state index is 13.1. The van der Waals surface area contributed by atoms with Gasteiger partial charge in [-0.2, -0.15) is 0 Å². The van der Waals surface area contributed by atoms with E-state index in [1.807, 2.05) is 57.0 Å². The van der Waals surface area contributed by atoms with Crippen molar-refractivity contribution in [1.82, 2.24) is 4.90 Å². The van der Waals surface area contributed by atoms with Crippen LogP contribution in [0.5, 0.6) is 11.5 Å². The lowest BCUT2D eigenvalue weighted by atomic mass is 10.0. The highest BCUT2D eigenvalue weighted by Gasteiger charge is 2.29. The standard InChI is InChI=1S/C26H35N5O3/c1-17(2)24(30(4)20-7-5-6-19(16-20)25(28)29)26(32)34-22-10-8-21(9-11-22)33-23-12-14-31(15-13-23)18(3)27/h5-11,16-17,23-24,27H,12-15H2,1-4H3,(H3,28,29)/t24-/m1/s1. The first-order chi connectivity index (χ1) is 16.2. The smallest absolute Gasteiger partial charge is 0.334 e. The molecule has 0 bridgehead atoms. The van der Waals surface area contributed by atoms with Crippen molar-refractivity contribution in [3.8, 4) is 11.5 Å². The average molecular weight is 466 g/mol. The van der Waals surface area contributed by atoms with Gasteiger partial charge in [0, 0.05) is 44.2 Å². The number of likely N-dealkylation sites (tertiary alicyclic amines) is 1. The fourth-order valence-corrected chi connectivity index (χ4v) is 4.20. The van der Waals surface area contributed by atoms with Gasteiger partial charge in [0.05, 0.1) is 5.84 Å². The molecule has 0 aromatic heterocycles. The van der Waals surface area contributed by atoms with Crippen molar-refractivity contribution in [1.29, 1.82) is 10.8 Å². The van der Waals surface area contributed by atoms with E-state index in [1.54, 1.807) is 24.3 Å². The molecule has 2 aromatic carbocycles. The van der Waals surface area contributed by atoms with E-state index < -0.39 is 6.04 Å². The Morgan fingerprint density at radius 2 is 1.71 bits per heavy atom. The minimum Gasteiger partial charge on any atom is -0.490 e. The summed E-state index contributed by atoms with van der Waals surface area (Å²) in [6.07, 6.45) is 1.87. The lowest BCUT2D eigenvalue weighted by Gasteiger charge is -2.32. The van der Waals surface area contributed by atoms with Crippen LogP contribution in [-0.2, 0) is 4.79 Å². The zero-order valence-electron chi connectivity index (χ0n) is 20.4. The van der Waals surface area contributed by atoms with Gasteiger partial charge in [0.25, 0.3) is 0 Å². The number of benzene rings is 2. The topological polar surface area (TPSA) is 116 Å². The van der Waals surface area contributed by atoms with E-state index in [1.165, 1.54) is 0 Å². The fourth-order valence-electron chi connectivity index (χ4n) is 4.20. The Morgan fingerprint density at radius 3 is 2.26 bits per heavy atom. The van der Waals surface area contributed by atoms with Crippen LogP contribution in [0.25, 0.3) is 0 Å². The molecule has 3 rings (SSSR count). The number of piperidine rings is 1. The Labute approximate surface area is 201 Å². The van der Waals surface area contributed by atoms with E-state index >= 15 is 0 Å². The first-order valence-corrected chi connectivity index (χ1v) is 11.6. The number of hydrogen-bond donors (Lipinski definition) is 3. The lowest BCUT2D eigenvalue weighted by Crippen LogP contribution is -2.45. The van der Waals surface area contributed by atoms with Crippen molar-refractivity contribution in [2.24, 2.45) is 11.7 Å². The Morgan fingerprint density at radius 1 is 1.09 bits per heavy atom. The highest BCUT2D eigenvalue weighted by Crippen LogP contribution is 2.25. The molecule has 0 spiro atoms. The second kappa shape index (κ2) is 11.0. The molecule has 182 valence electrons. The number of hydrogen-bond acceptors (Lipinski definition) is 6. The Balaban J connectivity index is 1.62. The molecule has 1 atom stereocenters. The van der Waals surface area contributed by atoms with Crippen molar-refractivity contribution in [3.05, 3.63) is 54.1 Å². The largest absolute Gasteiger partial charge is 0.490 e. The van der Waals surface area contributed by atoms with Crippen LogP contribution in [-0.4, -0.2) is 54.8 Å². The van der Waals surface area contributed by atoms with Crippen molar-refractivity contribution < 1.29 is 14.3 Å². The monoisotopic (exact) mass is 465 g/mol. The maximum atomic E-state index is 13.1. The van der Waals surface area contributed by atoms with Crippen LogP contribution in [0, 0.1) is 16.7 Å². The van der Waals surface area contributed by atoms with Crippen molar-refractivity contribution in [2.45, 2.75) is 45.8 Å². The zero-order valence-corrected chi connectivity index (χ0v) is 20.4. The van der Waals surface area contributed by atoms with E-state index in [9.17, 15) is 4.79 Å². The van der Waals surface area contributed by atoms with E-state index in [2.05, 4.69) is 4.90 Å². The fraction of sp³-hybridized carbons (Fsp3) is 0.423. The summed E-state index contributed by atoms with van der Waals surface area (Å²) < 4.78 is 11.8. The summed E-state index contributed by atoms with van der Waals surface area (Å²) in [4.78, 5) is 17.0. The summed E-state index contributed by atoms with van der Waals surface area (Å²) in [5.41, 5.74) is 7.02. The minimum atomic E-state index is -0.513. The molecule has 4 N–H and O–H groups in total. The van der Waals surface area contributed by atoms with Gasteiger partial charge in [-0.05, 0) is 49.2 Å². The van der Waals surface area contributed by atoms with E-state index in [0.717, 1.165) is 37.4 Å². The number of nitrogens with one attached hydrogen (secondary N) is 2. The summed E-state index contributed by atoms with van der Waals surface area (Å²) in [6.45, 7) is 7.41. The first-order valence-electron chi connectivity index (χ1n) is 11.6. The number of esters is 1. The first kappa shape index (κ1) is 25.1. The number of nitrogens with zero attached hydrogens (tertiary/aromatic N) is 2. The SMILES string of the molecule is CC(=N)N1CCC(Oc2ccc(OC(=O)[C@@H](C(C)C)N(C)c3cccc(C(=N)N)c3)cc2)CC1. The minimum absolute atomic E-state index is 0.00318. The maximum Gasteiger partial charge on any atom is 0.334 e. The van der Waals surface area contributed by atoms with E-state index in [4.69, 9.17) is 26.0 Å². The molecule has 0 amide bonds. The second-order valence-corrected chi connectivity index (χ2v) is 9.05. The van der Waals surface area contributed by atoms with Crippen LogP contribution in [0.3, 0.4) is 0 Å². The highest BCUT2D eigenvalue weighted by atomic mass is 16.5. The summed E-state index contributed by atoms with van der Waals surface area (Å²) >= 11 is 0. The summed E-state index contributed by atoms with van der Waals surface area (Å²) in [7, 11) is 1.84. The van der Waals surface area contributed by atoms with Gasteiger partial charge in [0.2, 0.25) is 0 Å². The normalized spacial score (nSPS) is 15.0. The molecule has 1 aliphatic rings. The van der Waals surface area contributed by atoms with Crippen LogP contribution < -0.4 is 20.1 Å². The molecular weight excluding hydrogens is 430 g/mol. The third kappa shape index (κ3) is 6.27. The number of likely N-dealkylation sites (N-methyl/N-ethyl adjacent to an activating group) is 1. The Bertz CT molecular complexity index is 1010. The zero-order chi connectivity index (χ0) is 24.8. The van der Waals surface area contributed by atoms with Gasteiger partial charge in [-0.25, -0.2) is 4.79 Å². The summed E-state index contributed by atoms with van der Waals surface area (Å²) in [5, 5.41) is 15.4. The van der Waals surface area contributed by atoms with Gasteiger partial charge in [-0.3, -0.25) is 10.8 Å². The number of nitrogens with two attached hydrogens (primary N) is 1. The third-order valence-electron chi connectivity index (χ3n) is 6.12. The van der Waals surface area contributed by atoms with Crippen LogP contribution in [0.2, 0.25) is 0 Å². The molecule has 1 fully saturated rings. The molecule has 1 heterocycles. The number of carbonyl (C=O) groups is 1. The van der Waals surface area contributed by atoms with Gasteiger partial charge < -0.3 is 25.0 Å². The van der Waals surface area contributed by atoms with Gasteiger partial charge in [0.15, 0.2) is 0 Å². The number of rotatable bonds is 8. The molecule has 8 heteroatoms. The number of carbonyl (C=O) groups excluding carboxylic acids is 1. The number of anilines is 1. The number of ether oxygens (including phenoxy) is 2. The third-order valence-corrected chi connectivity index (χ3v) is 6.12. The molecule has 1 aliphatic heterocycles. The molecule has 0 unspecified atom stereocenters. The van der Waals surface area contributed by atoms with Crippen molar-refractivity contribution >= 4 is 23.3 Å². The number of amidine groups is 2. The molecule has 34 heavy (non-hydrogen) atoms. The lowest BCUT2D eigenvalue weighted by molar-refractivity contribution is -0.136. The molecule has 0 radical (unpaired) electrons. The van der Waals surface area contributed by atoms with Gasteiger partial charge in [-0.15, -0.1) is 0 Å². The van der Waals surface area contributed by atoms with Gasteiger partial charge >= 0.3 is 5.97 Å². The van der Waals surface area contributed by atoms with Crippen LogP contribution in [0.15, 0.2) is 48.5 Å². The molecule has 8 nitrogen and oxygen atoms in total. The highest BCUT2D eigenvalue weighted by molar-refractivity contribution is 5.96. The molecule has 0 saturated carbocycles. The number of nitrogen functional groups attached to an aromatic ring is 1.